The molecule has 0 atom stereocenters. The first-order valence-electron chi connectivity index (χ1n) is 6.75. The Morgan fingerprint density at radius 3 is 2.90 bits per heavy atom. The fraction of sp³-hybridized carbons (Fsp3) is 0.188. The molecule has 108 valence electrons. The fourth-order valence-corrected chi connectivity index (χ4v) is 2.55. The maximum Gasteiger partial charge on any atom is 0.123 e. The summed E-state index contributed by atoms with van der Waals surface area (Å²) in [5.41, 5.74) is 2.08. The topological polar surface area (TPSA) is 43.0 Å². The van der Waals surface area contributed by atoms with Crippen molar-refractivity contribution in [1.29, 1.82) is 0 Å². The van der Waals surface area contributed by atoms with Crippen LogP contribution in [0.3, 0.4) is 0 Å². The van der Waals surface area contributed by atoms with E-state index in [0.29, 0.717) is 6.54 Å². The summed E-state index contributed by atoms with van der Waals surface area (Å²) in [6, 6.07) is 14.1. The molecule has 21 heavy (non-hydrogen) atoms. The summed E-state index contributed by atoms with van der Waals surface area (Å²) in [5, 5.41) is 7.61. The van der Waals surface area contributed by atoms with Gasteiger partial charge in [-0.3, -0.25) is 0 Å². The van der Waals surface area contributed by atoms with Crippen molar-refractivity contribution in [3.63, 3.8) is 0 Å². The smallest absolute Gasteiger partial charge is 0.123 e. The van der Waals surface area contributed by atoms with Crippen LogP contribution in [0, 0.1) is 0 Å². The number of hydrogen-bond donors (Lipinski definition) is 1. The molecule has 0 radical (unpaired) electrons. The molecule has 0 saturated carbocycles. The standard InChI is InChI=1S/C16H17N3OS/c1-21-12-16-7-6-15(20-16)11-17-13-4-2-5-14(10-13)19-9-3-8-18-19/h2-10,17H,11-12H2,1H3. The van der Waals surface area contributed by atoms with Crippen LogP contribution >= 0.6 is 11.8 Å². The molecule has 1 aromatic carbocycles. The Labute approximate surface area is 128 Å². The zero-order chi connectivity index (χ0) is 14.5. The highest BCUT2D eigenvalue weighted by atomic mass is 32.2. The maximum atomic E-state index is 5.75. The van der Waals surface area contributed by atoms with Gasteiger partial charge in [-0.25, -0.2) is 4.68 Å². The molecule has 0 bridgehead atoms. The molecule has 0 aliphatic rings. The second-order valence-corrected chi connectivity index (χ2v) is 5.52. The van der Waals surface area contributed by atoms with Crippen molar-refractivity contribution >= 4 is 17.4 Å². The molecular weight excluding hydrogens is 282 g/mol. The average molecular weight is 299 g/mol. The van der Waals surface area contributed by atoms with Gasteiger partial charge in [0.2, 0.25) is 0 Å². The largest absolute Gasteiger partial charge is 0.463 e. The minimum atomic E-state index is 0.678. The van der Waals surface area contributed by atoms with Gasteiger partial charge in [-0.2, -0.15) is 16.9 Å². The number of nitrogens with one attached hydrogen (secondary N) is 1. The molecule has 1 N–H and O–H groups in total. The molecule has 0 saturated heterocycles. The van der Waals surface area contributed by atoms with Gasteiger partial charge in [0.25, 0.3) is 0 Å². The molecule has 0 unspecified atom stereocenters. The summed E-state index contributed by atoms with van der Waals surface area (Å²) >= 11 is 1.76. The fourth-order valence-electron chi connectivity index (χ4n) is 2.11. The minimum Gasteiger partial charge on any atom is -0.463 e. The van der Waals surface area contributed by atoms with Crippen LogP contribution in [0.4, 0.5) is 5.69 Å². The number of furan rings is 1. The SMILES string of the molecule is CSCc1ccc(CNc2cccc(-n3cccn3)c2)o1. The van der Waals surface area contributed by atoms with Crippen LogP contribution in [-0.4, -0.2) is 16.0 Å². The Balaban J connectivity index is 1.66. The van der Waals surface area contributed by atoms with Gasteiger partial charge in [0.05, 0.1) is 18.0 Å². The molecule has 5 heteroatoms. The van der Waals surface area contributed by atoms with Crippen molar-refractivity contribution in [1.82, 2.24) is 9.78 Å². The van der Waals surface area contributed by atoms with Crippen LogP contribution in [0.1, 0.15) is 11.5 Å². The summed E-state index contributed by atoms with van der Waals surface area (Å²) in [6.45, 7) is 0.678. The molecule has 3 rings (SSSR count). The van der Waals surface area contributed by atoms with Gasteiger partial charge in [-0.1, -0.05) is 6.07 Å². The lowest BCUT2D eigenvalue weighted by Gasteiger charge is -2.07. The lowest BCUT2D eigenvalue weighted by atomic mass is 10.2. The van der Waals surface area contributed by atoms with Crippen molar-refractivity contribution in [3.05, 3.63) is 66.4 Å². The molecule has 0 aliphatic heterocycles. The zero-order valence-corrected chi connectivity index (χ0v) is 12.6. The van der Waals surface area contributed by atoms with Crippen molar-refractivity contribution < 1.29 is 4.42 Å². The predicted octanol–water partition coefficient (Wildman–Crippen LogP) is 3.94. The van der Waals surface area contributed by atoms with E-state index in [2.05, 4.69) is 22.7 Å². The predicted molar refractivity (Wildman–Crippen MR) is 86.8 cm³/mol. The normalized spacial score (nSPS) is 10.7. The highest BCUT2D eigenvalue weighted by Gasteiger charge is 2.02. The molecule has 2 heterocycles. The first-order chi connectivity index (χ1) is 10.3. The van der Waals surface area contributed by atoms with E-state index in [1.165, 1.54) is 0 Å². The van der Waals surface area contributed by atoms with Crippen LogP contribution < -0.4 is 5.32 Å². The van der Waals surface area contributed by atoms with Crippen LogP contribution in [0.5, 0.6) is 0 Å². The van der Waals surface area contributed by atoms with E-state index in [1.54, 1.807) is 18.0 Å². The lowest BCUT2D eigenvalue weighted by molar-refractivity contribution is 0.487. The van der Waals surface area contributed by atoms with Gasteiger partial charge in [0.1, 0.15) is 11.5 Å². The molecule has 0 amide bonds. The van der Waals surface area contributed by atoms with Gasteiger partial charge >= 0.3 is 0 Å². The maximum absolute atomic E-state index is 5.75. The van der Waals surface area contributed by atoms with E-state index in [4.69, 9.17) is 4.42 Å². The first kappa shape index (κ1) is 13.8. The molecule has 3 aromatic rings. The second kappa shape index (κ2) is 6.54. The van der Waals surface area contributed by atoms with E-state index < -0.39 is 0 Å². The Hall–Kier alpha value is -2.14. The van der Waals surface area contributed by atoms with E-state index in [-0.39, 0.29) is 0 Å². The van der Waals surface area contributed by atoms with Crippen molar-refractivity contribution in [2.24, 2.45) is 0 Å². The van der Waals surface area contributed by atoms with Crippen LogP contribution in [0.25, 0.3) is 5.69 Å². The molecule has 0 aliphatic carbocycles. The Kier molecular flexibility index (Phi) is 4.31. The molecule has 0 fully saturated rings. The Morgan fingerprint density at radius 1 is 1.19 bits per heavy atom. The number of rotatable bonds is 6. The summed E-state index contributed by atoms with van der Waals surface area (Å²) in [6.07, 6.45) is 5.78. The lowest BCUT2D eigenvalue weighted by Crippen LogP contribution is -2.00. The summed E-state index contributed by atoms with van der Waals surface area (Å²) in [5.74, 6) is 2.88. The van der Waals surface area contributed by atoms with E-state index in [0.717, 1.165) is 28.6 Å². The van der Waals surface area contributed by atoms with Gasteiger partial charge in [-0.05, 0) is 42.7 Å². The molecule has 2 aromatic heterocycles. The summed E-state index contributed by atoms with van der Waals surface area (Å²) in [7, 11) is 0. The van der Waals surface area contributed by atoms with Gasteiger partial charge in [-0.15, -0.1) is 0 Å². The van der Waals surface area contributed by atoms with E-state index in [9.17, 15) is 0 Å². The van der Waals surface area contributed by atoms with Gasteiger partial charge in [0, 0.05) is 18.1 Å². The quantitative estimate of drug-likeness (QED) is 0.748. The monoisotopic (exact) mass is 299 g/mol. The highest BCUT2D eigenvalue weighted by Crippen LogP contribution is 2.17. The number of anilines is 1. The van der Waals surface area contributed by atoms with Gasteiger partial charge in [0.15, 0.2) is 0 Å². The summed E-state index contributed by atoms with van der Waals surface area (Å²) in [4.78, 5) is 0. The highest BCUT2D eigenvalue weighted by molar-refractivity contribution is 7.97. The Bertz CT molecular complexity index is 691. The zero-order valence-electron chi connectivity index (χ0n) is 11.8. The summed E-state index contributed by atoms with van der Waals surface area (Å²) < 4.78 is 7.59. The van der Waals surface area contributed by atoms with E-state index in [1.807, 2.05) is 47.3 Å². The number of aromatic nitrogens is 2. The van der Waals surface area contributed by atoms with Gasteiger partial charge < -0.3 is 9.73 Å². The van der Waals surface area contributed by atoms with Crippen molar-refractivity contribution in [2.75, 3.05) is 11.6 Å². The van der Waals surface area contributed by atoms with Crippen molar-refractivity contribution in [3.8, 4) is 5.69 Å². The number of thioether (sulfide) groups is 1. The third-order valence-electron chi connectivity index (χ3n) is 3.09. The minimum absolute atomic E-state index is 0.678. The first-order valence-corrected chi connectivity index (χ1v) is 8.15. The average Bonchev–Trinajstić information content (AvgIpc) is 3.18. The molecule has 4 nitrogen and oxygen atoms in total. The Morgan fingerprint density at radius 2 is 2.10 bits per heavy atom. The van der Waals surface area contributed by atoms with Crippen LogP contribution in [-0.2, 0) is 12.3 Å². The third-order valence-corrected chi connectivity index (χ3v) is 3.66. The third kappa shape index (κ3) is 3.49. The second-order valence-electron chi connectivity index (χ2n) is 4.66. The number of nitrogens with zero attached hydrogens (tertiary/aromatic N) is 2. The van der Waals surface area contributed by atoms with Crippen LogP contribution in [0.15, 0.2) is 59.3 Å². The van der Waals surface area contributed by atoms with E-state index >= 15 is 0 Å². The molecular formula is C16H17N3OS. The van der Waals surface area contributed by atoms with Crippen molar-refractivity contribution in [2.45, 2.75) is 12.3 Å². The van der Waals surface area contributed by atoms with Crippen LogP contribution in [0.2, 0.25) is 0 Å². The number of benzene rings is 1. The number of hydrogen-bond acceptors (Lipinski definition) is 4. The molecule has 0 spiro atoms.